The lowest BCUT2D eigenvalue weighted by molar-refractivity contribution is -0.146. The maximum absolute atomic E-state index is 13.7. The smallest absolute Gasteiger partial charge is 0.242 e. The second-order valence-corrected chi connectivity index (χ2v) is 10.6. The summed E-state index contributed by atoms with van der Waals surface area (Å²) < 4.78 is 5.54. The van der Waals surface area contributed by atoms with Crippen LogP contribution < -0.4 is 4.74 Å². The fraction of sp³-hybridized carbons (Fsp3) is 0.448. The summed E-state index contributed by atoms with van der Waals surface area (Å²) in [6, 6.07) is 16.0. The van der Waals surface area contributed by atoms with Crippen molar-refractivity contribution in [1.82, 2.24) is 14.8 Å². The number of carbonyl (C=O) groups excluding carboxylic acids is 2. The number of benzene rings is 2. The van der Waals surface area contributed by atoms with Gasteiger partial charge in [0, 0.05) is 47.7 Å². The highest BCUT2D eigenvalue weighted by atomic mass is 16.5. The zero-order chi connectivity index (χ0) is 25.6. The monoisotopic (exact) mass is 477 g/mol. The summed E-state index contributed by atoms with van der Waals surface area (Å²) in [7, 11) is 1.64. The third-order valence-corrected chi connectivity index (χ3v) is 6.07. The second kappa shape index (κ2) is 11.4. The summed E-state index contributed by atoms with van der Waals surface area (Å²) in [5.74, 6) is 0.951. The van der Waals surface area contributed by atoms with E-state index < -0.39 is 5.41 Å². The molecule has 0 bridgehead atoms. The first-order chi connectivity index (χ1) is 16.6. The van der Waals surface area contributed by atoms with E-state index in [9.17, 15) is 9.59 Å². The van der Waals surface area contributed by atoms with Crippen molar-refractivity contribution < 1.29 is 14.3 Å². The summed E-state index contributed by atoms with van der Waals surface area (Å²) >= 11 is 0. The number of hydrogen-bond acceptors (Lipinski definition) is 3. The van der Waals surface area contributed by atoms with Crippen LogP contribution in [0.25, 0.3) is 10.9 Å². The summed E-state index contributed by atoms with van der Waals surface area (Å²) in [5, 5.41) is 1.17. The van der Waals surface area contributed by atoms with Gasteiger partial charge >= 0.3 is 0 Å². The standard InChI is InChI=1S/C29H39N3O3/c1-21(2)18-32(28(34)29(3,4)5)20-27(33)31(19-23-11-7-10-14-26(23)35-6)16-15-22-17-30-25-13-9-8-12-24(22)25/h7-14,17,21,30H,15-16,18-20H2,1-6H3. The molecule has 188 valence electrons. The molecule has 2 amide bonds. The van der Waals surface area contributed by atoms with Crippen molar-refractivity contribution in [2.75, 3.05) is 26.7 Å². The number of nitrogens with one attached hydrogen (secondary N) is 1. The van der Waals surface area contributed by atoms with Gasteiger partial charge in [0.1, 0.15) is 5.75 Å². The molecule has 1 aromatic heterocycles. The molecule has 0 spiro atoms. The molecule has 0 aliphatic heterocycles. The molecule has 6 nitrogen and oxygen atoms in total. The van der Waals surface area contributed by atoms with Gasteiger partial charge in [-0.25, -0.2) is 0 Å². The zero-order valence-corrected chi connectivity index (χ0v) is 21.9. The third-order valence-electron chi connectivity index (χ3n) is 6.07. The maximum atomic E-state index is 13.7. The van der Waals surface area contributed by atoms with Crippen LogP contribution in [0.15, 0.2) is 54.7 Å². The topological polar surface area (TPSA) is 65.6 Å². The summed E-state index contributed by atoms with van der Waals surface area (Å²) in [6.45, 7) is 11.4. The Labute approximate surface area is 209 Å². The van der Waals surface area contributed by atoms with Crippen LogP contribution in [0, 0.1) is 11.3 Å². The van der Waals surface area contributed by atoms with Crippen LogP contribution in [-0.4, -0.2) is 53.3 Å². The van der Waals surface area contributed by atoms with Crippen molar-refractivity contribution in [3.05, 3.63) is 65.9 Å². The second-order valence-electron chi connectivity index (χ2n) is 10.6. The summed E-state index contributed by atoms with van der Waals surface area (Å²) in [6.07, 6.45) is 2.73. The van der Waals surface area contributed by atoms with Crippen molar-refractivity contribution in [1.29, 1.82) is 0 Å². The van der Waals surface area contributed by atoms with E-state index in [1.807, 2.05) is 68.3 Å². The van der Waals surface area contributed by atoms with E-state index in [1.54, 1.807) is 12.0 Å². The Morgan fingerprint density at radius 1 is 0.971 bits per heavy atom. The predicted molar refractivity (Wildman–Crippen MR) is 141 cm³/mol. The number of hydrogen-bond donors (Lipinski definition) is 1. The van der Waals surface area contributed by atoms with Gasteiger partial charge in [0.05, 0.1) is 13.7 Å². The zero-order valence-electron chi connectivity index (χ0n) is 21.9. The van der Waals surface area contributed by atoms with Crippen LogP contribution in [0.2, 0.25) is 0 Å². The third kappa shape index (κ3) is 6.87. The van der Waals surface area contributed by atoms with E-state index in [0.29, 0.717) is 26.1 Å². The minimum absolute atomic E-state index is 0.00609. The largest absolute Gasteiger partial charge is 0.496 e. The number of H-pyrrole nitrogens is 1. The molecule has 0 saturated heterocycles. The predicted octanol–water partition coefficient (Wildman–Crippen LogP) is 5.28. The molecule has 0 fully saturated rings. The molecule has 2 aromatic carbocycles. The van der Waals surface area contributed by atoms with Crippen LogP contribution in [0.4, 0.5) is 0 Å². The van der Waals surface area contributed by atoms with E-state index >= 15 is 0 Å². The van der Waals surface area contributed by atoms with E-state index in [1.165, 1.54) is 10.9 Å². The Bertz CT molecular complexity index is 1140. The number of nitrogens with zero attached hydrogens (tertiary/aromatic N) is 2. The molecular weight excluding hydrogens is 438 g/mol. The van der Waals surface area contributed by atoms with Gasteiger partial charge in [-0.1, -0.05) is 71.0 Å². The SMILES string of the molecule is COc1ccccc1CN(CCc1c[nH]c2ccccc12)C(=O)CN(CC(C)C)C(=O)C(C)(C)C. The van der Waals surface area contributed by atoms with Gasteiger partial charge in [-0.3, -0.25) is 9.59 Å². The number of methoxy groups -OCH3 is 1. The molecular formula is C29H39N3O3. The van der Waals surface area contributed by atoms with E-state index in [-0.39, 0.29) is 24.3 Å². The number of amides is 2. The molecule has 35 heavy (non-hydrogen) atoms. The average Bonchev–Trinajstić information content (AvgIpc) is 3.23. The molecule has 1 N–H and O–H groups in total. The van der Waals surface area contributed by atoms with Gasteiger partial charge in [0.15, 0.2) is 0 Å². The van der Waals surface area contributed by atoms with Crippen molar-refractivity contribution in [3.8, 4) is 5.75 Å². The Hall–Kier alpha value is -3.28. The molecule has 0 saturated carbocycles. The van der Waals surface area contributed by atoms with Gasteiger partial charge in [-0.15, -0.1) is 0 Å². The minimum Gasteiger partial charge on any atom is -0.496 e. The van der Waals surface area contributed by atoms with E-state index in [0.717, 1.165) is 16.8 Å². The van der Waals surface area contributed by atoms with Crippen LogP contribution in [0.1, 0.15) is 45.7 Å². The Kier molecular flexibility index (Phi) is 8.60. The molecule has 3 aromatic rings. The number of carbonyl (C=O) groups is 2. The number of aromatic nitrogens is 1. The highest BCUT2D eigenvalue weighted by molar-refractivity contribution is 5.87. The first kappa shape index (κ1) is 26.3. The summed E-state index contributed by atoms with van der Waals surface area (Å²) in [5.41, 5.74) is 2.65. The molecule has 6 heteroatoms. The van der Waals surface area contributed by atoms with Crippen molar-refractivity contribution >= 4 is 22.7 Å². The molecule has 0 aliphatic rings. The number of para-hydroxylation sites is 2. The maximum Gasteiger partial charge on any atom is 0.242 e. The Balaban J connectivity index is 1.85. The fourth-order valence-corrected chi connectivity index (χ4v) is 4.32. The normalized spacial score (nSPS) is 11.6. The number of fused-ring (bicyclic) bond motifs is 1. The minimum atomic E-state index is -0.549. The molecule has 1 heterocycles. The highest BCUT2D eigenvalue weighted by Gasteiger charge is 2.30. The quantitative estimate of drug-likeness (QED) is 0.432. The first-order valence-corrected chi connectivity index (χ1v) is 12.3. The number of aromatic amines is 1. The average molecular weight is 478 g/mol. The molecule has 0 atom stereocenters. The lowest BCUT2D eigenvalue weighted by atomic mass is 9.94. The van der Waals surface area contributed by atoms with Gasteiger partial charge in [-0.2, -0.15) is 0 Å². The molecule has 0 aliphatic carbocycles. The van der Waals surface area contributed by atoms with Crippen molar-refractivity contribution in [3.63, 3.8) is 0 Å². The van der Waals surface area contributed by atoms with Gasteiger partial charge in [0.2, 0.25) is 11.8 Å². The highest BCUT2D eigenvalue weighted by Crippen LogP contribution is 2.23. The Morgan fingerprint density at radius 3 is 2.34 bits per heavy atom. The van der Waals surface area contributed by atoms with Crippen molar-refractivity contribution in [2.45, 2.75) is 47.6 Å². The number of ether oxygens (including phenoxy) is 1. The van der Waals surface area contributed by atoms with E-state index in [4.69, 9.17) is 4.74 Å². The van der Waals surface area contributed by atoms with Crippen LogP contribution >= 0.6 is 0 Å². The first-order valence-electron chi connectivity index (χ1n) is 12.3. The molecule has 0 radical (unpaired) electrons. The van der Waals surface area contributed by atoms with Crippen LogP contribution in [0.5, 0.6) is 5.75 Å². The lowest BCUT2D eigenvalue weighted by Gasteiger charge is -2.33. The van der Waals surface area contributed by atoms with Crippen LogP contribution in [0.3, 0.4) is 0 Å². The summed E-state index contributed by atoms with van der Waals surface area (Å²) in [4.78, 5) is 33.7. The lowest BCUT2D eigenvalue weighted by Crippen LogP contribution is -2.48. The van der Waals surface area contributed by atoms with E-state index in [2.05, 4.69) is 31.0 Å². The van der Waals surface area contributed by atoms with Crippen molar-refractivity contribution in [2.24, 2.45) is 11.3 Å². The van der Waals surface area contributed by atoms with Crippen LogP contribution in [-0.2, 0) is 22.6 Å². The molecule has 0 unspecified atom stereocenters. The molecule has 3 rings (SSSR count). The van der Waals surface area contributed by atoms with Gasteiger partial charge in [0.25, 0.3) is 0 Å². The number of rotatable bonds is 10. The van der Waals surface area contributed by atoms with Gasteiger partial charge in [-0.05, 0) is 30.0 Å². The van der Waals surface area contributed by atoms with Gasteiger partial charge < -0.3 is 19.5 Å². The Morgan fingerprint density at radius 2 is 1.66 bits per heavy atom. The fourth-order valence-electron chi connectivity index (χ4n) is 4.32.